The largest absolute Gasteiger partial charge is 0.372 e. The van der Waals surface area contributed by atoms with Crippen LogP contribution in [0.1, 0.15) is 27.7 Å². The minimum absolute atomic E-state index is 0.0248. The summed E-state index contributed by atoms with van der Waals surface area (Å²) in [6, 6.07) is 9.96. The quantitative estimate of drug-likeness (QED) is 0.627. The van der Waals surface area contributed by atoms with E-state index in [1.807, 2.05) is 44.2 Å². The molecule has 6 heteroatoms. The van der Waals surface area contributed by atoms with Gasteiger partial charge in [0.25, 0.3) is 5.91 Å². The van der Waals surface area contributed by atoms with Gasteiger partial charge in [0.15, 0.2) is 0 Å². The first kappa shape index (κ1) is 19.8. The number of hydrogen-bond acceptors (Lipinski definition) is 5. The Morgan fingerprint density at radius 2 is 1.85 bits per heavy atom. The van der Waals surface area contributed by atoms with Gasteiger partial charge in [0.1, 0.15) is 11.6 Å². The zero-order valence-corrected chi connectivity index (χ0v) is 16.0. The van der Waals surface area contributed by atoms with Crippen LogP contribution in [0.25, 0.3) is 0 Å². The Labute approximate surface area is 156 Å². The first-order chi connectivity index (χ1) is 12.5. The van der Waals surface area contributed by atoms with Gasteiger partial charge in [-0.2, -0.15) is 5.26 Å². The summed E-state index contributed by atoms with van der Waals surface area (Å²) in [5.74, 6) is -0.262. The van der Waals surface area contributed by atoms with Gasteiger partial charge in [-0.25, -0.2) is 0 Å². The number of benzene rings is 1. The Bertz CT molecular complexity index is 664. The van der Waals surface area contributed by atoms with Crippen molar-refractivity contribution in [3.05, 3.63) is 36.0 Å². The molecule has 0 aromatic heterocycles. The predicted octanol–water partition coefficient (Wildman–Crippen LogP) is 2.99. The second kappa shape index (κ2) is 9.25. The molecule has 26 heavy (non-hydrogen) atoms. The summed E-state index contributed by atoms with van der Waals surface area (Å²) in [6.45, 7) is 11.0. The average Bonchev–Trinajstić information content (AvgIpc) is 2.63. The van der Waals surface area contributed by atoms with Crippen LogP contribution in [0.5, 0.6) is 0 Å². The Balaban J connectivity index is 2.05. The van der Waals surface area contributed by atoms with E-state index in [-0.39, 0.29) is 23.7 Å². The third-order valence-electron chi connectivity index (χ3n) is 4.44. The summed E-state index contributed by atoms with van der Waals surface area (Å²) < 4.78 is 5.64. The van der Waals surface area contributed by atoms with Crippen LogP contribution < -0.4 is 10.2 Å². The number of morpholine rings is 1. The van der Waals surface area contributed by atoms with Gasteiger partial charge in [-0.05, 0) is 52.0 Å². The Morgan fingerprint density at radius 3 is 2.35 bits per heavy atom. The lowest BCUT2D eigenvalue weighted by Crippen LogP contribution is -2.48. The molecule has 1 aliphatic heterocycles. The molecule has 0 spiro atoms. The SMILES string of the molecule is CCN(CC)c1ccc(N/C=C(/C#N)C(=O)N2CC(C)OC(C)C2)cc1. The summed E-state index contributed by atoms with van der Waals surface area (Å²) >= 11 is 0. The maximum absolute atomic E-state index is 12.6. The Morgan fingerprint density at radius 1 is 1.27 bits per heavy atom. The smallest absolute Gasteiger partial charge is 0.266 e. The molecule has 0 aliphatic carbocycles. The van der Waals surface area contributed by atoms with Gasteiger partial charge in [0.05, 0.1) is 12.2 Å². The Kier molecular flexibility index (Phi) is 7.05. The topological polar surface area (TPSA) is 68.6 Å². The van der Waals surface area contributed by atoms with Crippen molar-refractivity contribution in [2.75, 3.05) is 36.4 Å². The molecule has 1 aromatic rings. The van der Waals surface area contributed by atoms with Crippen LogP contribution in [0, 0.1) is 11.3 Å². The summed E-state index contributed by atoms with van der Waals surface area (Å²) in [5.41, 5.74) is 2.08. The molecule has 1 fully saturated rings. The fraction of sp³-hybridized carbons (Fsp3) is 0.500. The highest BCUT2D eigenvalue weighted by Gasteiger charge is 2.27. The molecule has 1 aliphatic rings. The van der Waals surface area contributed by atoms with E-state index in [2.05, 4.69) is 24.1 Å². The van der Waals surface area contributed by atoms with Crippen LogP contribution >= 0.6 is 0 Å². The van der Waals surface area contributed by atoms with E-state index < -0.39 is 0 Å². The van der Waals surface area contributed by atoms with Crippen molar-refractivity contribution in [3.63, 3.8) is 0 Å². The van der Waals surface area contributed by atoms with Crippen molar-refractivity contribution in [1.29, 1.82) is 5.26 Å². The number of carbonyl (C=O) groups is 1. The minimum Gasteiger partial charge on any atom is -0.372 e. The number of carbonyl (C=O) groups excluding carboxylic acids is 1. The molecule has 1 amide bonds. The summed E-state index contributed by atoms with van der Waals surface area (Å²) in [7, 11) is 0. The van der Waals surface area contributed by atoms with Gasteiger partial charge in [-0.3, -0.25) is 4.79 Å². The molecule has 1 N–H and O–H groups in total. The summed E-state index contributed by atoms with van der Waals surface area (Å²) in [6.07, 6.45) is 1.44. The van der Waals surface area contributed by atoms with Gasteiger partial charge < -0.3 is 19.9 Å². The molecule has 1 heterocycles. The highest BCUT2D eigenvalue weighted by molar-refractivity contribution is 5.97. The van der Waals surface area contributed by atoms with Crippen molar-refractivity contribution < 1.29 is 9.53 Å². The van der Waals surface area contributed by atoms with E-state index in [1.165, 1.54) is 6.20 Å². The first-order valence-corrected chi connectivity index (χ1v) is 9.15. The standard InChI is InChI=1S/C20H28N4O2/c1-5-23(6-2)19-9-7-18(8-10-19)22-12-17(11-21)20(25)24-13-15(3)26-16(4)14-24/h7-10,12,15-16,22H,5-6,13-14H2,1-4H3/b17-12-. The van der Waals surface area contributed by atoms with Crippen molar-refractivity contribution in [3.8, 4) is 6.07 Å². The van der Waals surface area contributed by atoms with Crippen LogP contribution in [0.2, 0.25) is 0 Å². The maximum atomic E-state index is 12.6. The van der Waals surface area contributed by atoms with E-state index in [1.54, 1.807) is 4.90 Å². The van der Waals surface area contributed by atoms with Crippen molar-refractivity contribution >= 4 is 17.3 Å². The molecule has 6 nitrogen and oxygen atoms in total. The number of anilines is 2. The summed E-state index contributed by atoms with van der Waals surface area (Å²) in [4.78, 5) is 16.5. The highest BCUT2D eigenvalue weighted by Crippen LogP contribution is 2.18. The molecule has 140 valence electrons. The van der Waals surface area contributed by atoms with Crippen LogP contribution in [-0.2, 0) is 9.53 Å². The zero-order chi connectivity index (χ0) is 19.1. The van der Waals surface area contributed by atoms with E-state index in [0.29, 0.717) is 13.1 Å². The van der Waals surface area contributed by atoms with Gasteiger partial charge >= 0.3 is 0 Å². The van der Waals surface area contributed by atoms with Crippen LogP contribution in [-0.4, -0.2) is 49.2 Å². The molecule has 2 rings (SSSR count). The number of rotatable bonds is 6. The fourth-order valence-electron chi connectivity index (χ4n) is 3.17. The molecular weight excluding hydrogens is 328 g/mol. The van der Waals surface area contributed by atoms with E-state index in [0.717, 1.165) is 24.5 Å². The predicted molar refractivity (Wildman–Crippen MR) is 104 cm³/mol. The lowest BCUT2D eigenvalue weighted by atomic mass is 10.2. The van der Waals surface area contributed by atoms with Gasteiger partial charge in [-0.1, -0.05) is 0 Å². The van der Waals surface area contributed by atoms with Crippen molar-refractivity contribution in [2.24, 2.45) is 0 Å². The summed E-state index contributed by atoms with van der Waals surface area (Å²) in [5, 5.41) is 12.4. The van der Waals surface area contributed by atoms with Gasteiger partial charge in [0.2, 0.25) is 0 Å². The minimum atomic E-state index is -0.262. The number of nitrogens with one attached hydrogen (secondary N) is 1. The second-order valence-corrected chi connectivity index (χ2v) is 6.50. The number of ether oxygens (including phenoxy) is 1. The molecule has 1 saturated heterocycles. The van der Waals surface area contributed by atoms with Gasteiger partial charge in [-0.15, -0.1) is 0 Å². The van der Waals surface area contributed by atoms with Crippen molar-refractivity contribution in [1.82, 2.24) is 4.90 Å². The Hall–Kier alpha value is -2.52. The molecule has 0 radical (unpaired) electrons. The van der Waals surface area contributed by atoms with Crippen LogP contribution in [0.3, 0.4) is 0 Å². The number of nitrogens with zero attached hydrogens (tertiary/aromatic N) is 3. The molecular formula is C20H28N4O2. The molecule has 0 saturated carbocycles. The van der Waals surface area contributed by atoms with E-state index >= 15 is 0 Å². The van der Waals surface area contributed by atoms with E-state index in [4.69, 9.17) is 4.74 Å². The molecule has 2 unspecified atom stereocenters. The lowest BCUT2D eigenvalue weighted by Gasteiger charge is -2.35. The fourth-order valence-corrected chi connectivity index (χ4v) is 3.17. The molecule has 2 atom stereocenters. The third kappa shape index (κ3) is 4.99. The monoisotopic (exact) mass is 356 g/mol. The molecule has 0 bridgehead atoms. The van der Waals surface area contributed by atoms with Gasteiger partial charge in [0, 0.05) is 43.8 Å². The lowest BCUT2D eigenvalue weighted by molar-refractivity contribution is -0.138. The number of amides is 1. The van der Waals surface area contributed by atoms with Crippen molar-refractivity contribution in [2.45, 2.75) is 39.9 Å². The molecule has 1 aromatic carbocycles. The normalized spacial score (nSPS) is 20.4. The van der Waals surface area contributed by atoms with Crippen LogP contribution in [0.4, 0.5) is 11.4 Å². The maximum Gasteiger partial charge on any atom is 0.266 e. The zero-order valence-electron chi connectivity index (χ0n) is 16.0. The van der Waals surface area contributed by atoms with E-state index in [9.17, 15) is 10.1 Å². The van der Waals surface area contributed by atoms with Crippen LogP contribution in [0.15, 0.2) is 36.0 Å². The highest BCUT2D eigenvalue weighted by atomic mass is 16.5. The first-order valence-electron chi connectivity index (χ1n) is 9.15. The third-order valence-corrected chi connectivity index (χ3v) is 4.44. The second-order valence-electron chi connectivity index (χ2n) is 6.50. The number of nitriles is 1. The number of hydrogen-bond donors (Lipinski definition) is 1. The average molecular weight is 356 g/mol.